The molecule has 0 aromatic heterocycles. The zero-order valence-electron chi connectivity index (χ0n) is 14.1. The third-order valence-corrected chi connectivity index (χ3v) is 5.51. The average molecular weight is 510 g/mol. The van der Waals surface area contributed by atoms with Gasteiger partial charge in [-0.25, -0.2) is 0 Å². The fourth-order valence-electron chi connectivity index (χ4n) is 3.15. The number of hydrogen-bond donors (Lipinski definition) is 2. The first-order valence-corrected chi connectivity index (χ1v) is 9.81. The molecule has 1 atom stereocenters. The number of rotatable bonds is 4. The summed E-state index contributed by atoms with van der Waals surface area (Å²) in [5.74, 6) is -0.148. The number of nitrogens with one attached hydrogen (secondary N) is 1. The monoisotopic (exact) mass is 508 g/mol. The number of alkyl halides is 3. The molecule has 1 fully saturated rings. The second-order valence-electron chi connectivity index (χ2n) is 6.14. The summed E-state index contributed by atoms with van der Waals surface area (Å²) in [5.41, 5.74) is 1.76. The minimum absolute atomic E-state index is 0.103. The van der Waals surface area contributed by atoms with Gasteiger partial charge in [-0.2, -0.15) is 0 Å². The van der Waals surface area contributed by atoms with E-state index in [0.717, 1.165) is 37.3 Å². The summed E-state index contributed by atoms with van der Waals surface area (Å²) in [7, 11) is 0. The van der Waals surface area contributed by atoms with E-state index in [1.165, 1.54) is 12.1 Å². The normalized spacial score (nSPS) is 16.9. The van der Waals surface area contributed by atoms with E-state index in [-0.39, 0.29) is 17.5 Å². The maximum atomic E-state index is 12.4. The topological polar surface area (TPSA) is 44.7 Å². The van der Waals surface area contributed by atoms with Gasteiger partial charge in [0.25, 0.3) is 0 Å². The van der Waals surface area contributed by atoms with Gasteiger partial charge in [0.1, 0.15) is 11.5 Å². The lowest BCUT2D eigenvalue weighted by Gasteiger charge is -2.36. The van der Waals surface area contributed by atoms with E-state index < -0.39 is 6.36 Å². The minimum atomic E-state index is -4.72. The van der Waals surface area contributed by atoms with Crippen LogP contribution in [0.3, 0.4) is 0 Å². The lowest BCUT2D eigenvalue weighted by atomic mass is 9.96. The second kappa shape index (κ2) is 8.38. The van der Waals surface area contributed by atoms with Crippen molar-refractivity contribution in [1.29, 1.82) is 0 Å². The van der Waals surface area contributed by atoms with Gasteiger partial charge in [-0.1, -0.05) is 12.1 Å². The highest BCUT2D eigenvalue weighted by molar-refractivity contribution is 9.11. The fraction of sp³-hybridized carbons (Fsp3) is 0.333. The Balaban J connectivity index is 1.97. The molecule has 1 heterocycles. The van der Waals surface area contributed by atoms with E-state index in [9.17, 15) is 18.3 Å². The second-order valence-corrected chi connectivity index (χ2v) is 7.85. The van der Waals surface area contributed by atoms with Crippen LogP contribution in [0, 0.1) is 0 Å². The lowest BCUT2D eigenvalue weighted by molar-refractivity contribution is -0.274. The van der Waals surface area contributed by atoms with Crippen LogP contribution < -0.4 is 10.1 Å². The van der Waals surface area contributed by atoms with Crippen molar-refractivity contribution in [3.05, 3.63) is 56.5 Å². The molecule has 0 bridgehead atoms. The van der Waals surface area contributed by atoms with Crippen LogP contribution in [-0.4, -0.2) is 42.5 Å². The van der Waals surface area contributed by atoms with E-state index >= 15 is 0 Å². The fourth-order valence-corrected chi connectivity index (χ4v) is 4.37. The van der Waals surface area contributed by atoms with Crippen molar-refractivity contribution in [2.24, 2.45) is 0 Å². The number of aromatic hydroxyl groups is 1. The van der Waals surface area contributed by atoms with Crippen molar-refractivity contribution in [1.82, 2.24) is 10.2 Å². The maximum Gasteiger partial charge on any atom is 0.573 e. The Morgan fingerprint density at radius 3 is 2.07 bits per heavy atom. The Bertz CT molecular complexity index is 771. The van der Waals surface area contributed by atoms with Crippen molar-refractivity contribution in [3.63, 3.8) is 0 Å². The Hall–Kier alpha value is -1.29. The van der Waals surface area contributed by atoms with Gasteiger partial charge in [-0.15, -0.1) is 13.2 Å². The van der Waals surface area contributed by atoms with Crippen LogP contribution in [0.2, 0.25) is 0 Å². The summed E-state index contributed by atoms with van der Waals surface area (Å²) in [5, 5.41) is 13.3. The zero-order chi connectivity index (χ0) is 19.6. The molecular formula is C18H17Br2F3N2O2. The quantitative estimate of drug-likeness (QED) is 0.620. The summed E-state index contributed by atoms with van der Waals surface area (Å²) >= 11 is 6.70. The highest BCUT2D eigenvalue weighted by atomic mass is 79.9. The highest BCUT2D eigenvalue weighted by Gasteiger charge is 2.31. The van der Waals surface area contributed by atoms with Crippen LogP contribution in [0.1, 0.15) is 17.2 Å². The molecule has 1 aliphatic heterocycles. The van der Waals surface area contributed by atoms with Crippen molar-refractivity contribution < 1.29 is 23.0 Å². The third kappa shape index (κ3) is 5.16. The van der Waals surface area contributed by atoms with E-state index in [1.54, 1.807) is 12.1 Å². The lowest BCUT2D eigenvalue weighted by Crippen LogP contribution is -2.45. The summed E-state index contributed by atoms with van der Waals surface area (Å²) < 4.78 is 42.3. The van der Waals surface area contributed by atoms with Crippen LogP contribution in [0.5, 0.6) is 11.5 Å². The van der Waals surface area contributed by atoms with E-state index in [0.29, 0.717) is 8.95 Å². The summed E-state index contributed by atoms with van der Waals surface area (Å²) in [6.07, 6.45) is -4.72. The first kappa shape index (κ1) is 20.4. The number of nitrogens with zero attached hydrogens (tertiary/aromatic N) is 1. The standard InChI is InChI=1S/C18H17Br2F3N2O2/c19-14-9-12(10-15(20)17(14)26)16(25-7-5-24-6-8-25)11-1-3-13(4-2-11)27-18(21,22)23/h1-4,9-10,16,24,26H,5-8H2/t16-/m1/s1. The maximum absolute atomic E-state index is 12.4. The number of halogens is 5. The molecule has 1 saturated heterocycles. The molecule has 0 spiro atoms. The van der Waals surface area contributed by atoms with E-state index in [2.05, 4.69) is 46.8 Å². The molecule has 1 aliphatic rings. The number of phenolic OH excluding ortho intramolecular Hbond substituents is 1. The molecule has 4 nitrogen and oxygen atoms in total. The average Bonchev–Trinajstić information content (AvgIpc) is 2.61. The molecule has 2 N–H and O–H groups in total. The van der Waals surface area contributed by atoms with Gasteiger partial charge in [0.05, 0.1) is 15.0 Å². The molecule has 3 rings (SSSR count). The molecule has 9 heteroatoms. The molecule has 0 amide bonds. The largest absolute Gasteiger partial charge is 0.573 e. The van der Waals surface area contributed by atoms with E-state index in [1.807, 2.05) is 12.1 Å². The van der Waals surface area contributed by atoms with Gasteiger partial charge < -0.3 is 15.2 Å². The van der Waals surface area contributed by atoms with Crippen LogP contribution in [0.15, 0.2) is 45.3 Å². The molecule has 146 valence electrons. The first-order valence-electron chi connectivity index (χ1n) is 8.23. The molecule has 2 aromatic carbocycles. The number of phenols is 1. The Kier molecular flexibility index (Phi) is 6.35. The Morgan fingerprint density at radius 1 is 1.00 bits per heavy atom. The number of benzene rings is 2. The van der Waals surface area contributed by atoms with Gasteiger partial charge in [0, 0.05) is 26.2 Å². The number of piperazine rings is 1. The van der Waals surface area contributed by atoms with E-state index in [4.69, 9.17) is 0 Å². The first-order chi connectivity index (χ1) is 12.7. The van der Waals surface area contributed by atoms with Crippen molar-refractivity contribution in [2.75, 3.05) is 26.2 Å². The van der Waals surface area contributed by atoms with Crippen molar-refractivity contribution >= 4 is 31.9 Å². The van der Waals surface area contributed by atoms with Crippen LogP contribution in [0.25, 0.3) is 0 Å². The molecular weight excluding hydrogens is 493 g/mol. The summed E-state index contributed by atoms with van der Waals surface area (Å²) in [6.45, 7) is 3.24. The van der Waals surface area contributed by atoms with Crippen molar-refractivity contribution in [3.8, 4) is 11.5 Å². The molecule has 2 aromatic rings. The highest BCUT2D eigenvalue weighted by Crippen LogP contribution is 2.39. The number of ether oxygens (including phenoxy) is 1. The van der Waals surface area contributed by atoms with Gasteiger partial charge >= 0.3 is 6.36 Å². The number of hydrogen-bond acceptors (Lipinski definition) is 4. The predicted octanol–water partition coefficient (Wildman–Crippen LogP) is 4.81. The summed E-state index contributed by atoms with van der Waals surface area (Å²) in [6, 6.07) is 9.41. The summed E-state index contributed by atoms with van der Waals surface area (Å²) in [4.78, 5) is 2.25. The zero-order valence-corrected chi connectivity index (χ0v) is 17.2. The Labute approximate surface area is 171 Å². The van der Waals surface area contributed by atoms with Crippen LogP contribution in [0.4, 0.5) is 13.2 Å². The smallest absolute Gasteiger partial charge is 0.506 e. The van der Waals surface area contributed by atoms with Gasteiger partial charge in [-0.3, -0.25) is 4.90 Å². The molecule has 0 radical (unpaired) electrons. The SMILES string of the molecule is Oc1c(Br)cc([C@@H](c2ccc(OC(F)(F)F)cc2)N2CCNCC2)cc1Br. The third-order valence-electron chi connectivity index (χ3n) is 4.30. The van der Waals surface area contributed by atoms with Gasteiger partial charge in [-0.05, 0) is 67.3 Å². The Morgan fingerprint density at radius 2 is 1.56 bits per heavy atom. The molecule has 0 unspecified atom stereocenters. The van der Waals surface area contributed by atoms with Crippen LogP contribution >= 0.6 is 31.9 Å². The van der Waals surface area contributed by atoms with Gasteiger partial charge in [0.2, 0.25) is 0 Å². The van der Waals surface area contributed by atoms with Crippen LogP contribution in [-0.2, 0) is 0 Å². The van der Waals surface area contributed by atoms with Crippen molar-refractivity contribution in [2.45, 2.75) is 12.4 Å². The molecule has 0 saturated carbocycles. The predicted molar refractivity (Wildman–Crippen MR) is 103 cm³/mol. The molecule has 27 heavy (non-hydrogen) atoms. The molecule has 0 aliphatic carbocycles. The van der Waals surface area contributed by atoms with Gasteiger partial charge in [0.15, 0.2) is 0 Å². The minimum Gasteiger partial charge on any atom is -0.506 e.